The summed E-state index contributed by atoms with van der Waals surface area (Å²) in [5, 5.41) is 6.46. The van der Waals surface area contributed by atoms with Crippen LogP contribution in [0.15, 0.2) is 24.3 Å². The summed E-state index contributed by atoms with van der Waals surface area (Å²) < 4.78 is 38.0. The number of hydrogen-bond donors (Lipinski definition) is 2. The fraction of sp³-hybridized carbons (Fsp3) is 0.562. The average Bonchev–Trinajstić information content (AvgIpc) is 2.77. The summed E-state index contributed by atoms with van der Waals surface area (Å²) in [7, 11) is 0. The minimum Gasteiger partial charge on any atom is -0.353 e. The lowest BCUT2D eigenvalue weighted by Crippen LogP contribution is -2.48. The van der Waals surface area contributed by atoms with Gasteiger partial charge in [0.2, 0.25) is 5.91 Å². The third-order valence-corrected chi connectivity index (χ3v) is 4.46. The molecule has 3 rings (SSSR count). The lowest BCUT2D eigenvalue weighted by atomic mass is 9.99. The predicted molar refractivity (Wildman–Crippen MR) is 83.5 cm³/mol. The van der Waals surface area contributed by atoms with Crippen molar-refractivity contribution in [2.75, 3.05) is 0 Å². The van der Waals surface area contributed by atoms with E-state index in [0.717, 1.165) is 37.8 Å². The number of alkyl halides is 3. The van der Waals surface area contributed by atoms with Crippen molar-refractivity contribution in [3.63, 3.8) is 0 Å². The van der Waals surface area contributed by atoms with Crippen molar-refractivity contribution in [3.8, 4) is 0 Å². The zero-order valence-corrected chi connectivity index (χ0v) is 13.3. The molecule has 1 aromatic carbocycles. The van der Waals surface area contributed by atoms with Crippen molar-refractivity contribution in [1.82, 2.24) is 10.6 Å². The molecule has 128 valence electrons. The van der Waals surface area contributed by atoms with E-state index in [0.29, 0.717) is 17.6 Å². The van der Waals surface area contributed by atoms with Gasteiger partial charge in [-0.05, 0) is 37.3 Å². The van der Waals surface area contributed by atoms with E-state index in [1.54, 1.807) is 6.07 Å². The molecule has 0 aliphatic carbocycles. The Morgan fingerprint density at radius 2 is 1.87 bits per heavy atom. The molecule has 2 N–H and O–H groups in total. The highest BCUT2D eigenvalue weighted by molar-refractivity contribution is 5.85. The molecule has 2 unspecified atom stereocenters. The molecule has 1 aromatic rings. The summed E-state index contributed by atoms with van der Waals surface area (Å²) in [5.41, 5.74) is -0.318. The normalized spacial score (nSPS) is 26.5. The zero-order valence-electron chi connectivity index (χ0n) is 12.5. The molecule has 23 heavy (non-hydrogen) atoms. The maximum atomic E-state index is 12.7. The van der Waals surface area contributed by atoms with E-state index >= 15 is 0 Å². The first-order valence-corrected chi connectivity index (χ1v) is 7.62. The number of benzene rings is 1. The Balaban J connectivity index is 0.00000192. The maximum absolute atomic E-state index is 12.7. The molecule has 2 atom stereocenters. The lowest BCUT2D eigenvalue weighted by molar-refractivity contribution is -0.137. The Hall–Kier alpha value is -1.27. The van der Waals surface area contributed by atoms with Gasteiger partial charge >= 0.3 is 6.18 Å². The number of rotatable bonds is 3. The predicted octanol–water partition coefficient (Wildman–Crippen LogP) is 3.07. The Labute approximate surface area is 139 Å². The highest BCUT2D eigenvalue weighted by Gasteiger charge is 2.34. The molecule has 0 saturated carbocycles. The van der Waals surface area contributed by atoms with Gasteiger partial charge < -0.3 is 10.6 Å². The molecule has 1 amide bonds. The van der Waals surface area contributed by atoms with Crippen LogP contribution < -0.4 is 10.6 Å². The van der Waals surface area contributed by atoms with Crippen LogP contribution in [-0.2, 0) is 17.4 Å². The summed E-state index contributed by atoms with van der Waals surface area (Å²) in [6.45, 7) is 0. The lowest BCUT2D eigenvalue weighted by Gasteiger charge is -2.29. The Kier molecular flexibility index (Phi) is 5.57. The number of carbonyl (C=O) groups excluding carboxylic acids is 1. The zero-order chi connectivity index (χ0) is 15.7. The Bertz CT molecular complexity index is 553. The Morgan fingerprint density at radius 3 is 2.48 bits per heavy atom. The van der Waals surface area contributed by atoms with Crippen LogP contribution in [0.25, 0.3) is 0 Å². The van der Waals surface area contributed by atoms with Crippen LogP contribution >= 0.6 is 12.4 Å². The van der Waals surface area contributed by atoms with Gasteiger partial charge in [-0.15, -0.1) is 12.4 Å². The molecule has 2 fully saturated rings. The van der Waals surface area contributed by atoms with Gasteiger partial charge in [0.15, 0.2) is 0 Å². The second-order valence-electron chi connectivity index (χ2n) is 6.25. The molecule has 2 saturated heterocycles. The van der Waals surface area contributed by atoms with Crippen molar-refractivity contribution in [2.45, 2.75) is 56.4 Å². The topological polar surface area (TPSA) is 41.1 Å². The minimum atomic E-state index is -4.37. The highest BCUT2D eigenvalue weighted by Crippen LogP contribution is 2.30. The molecule has 0 spiro atoms. The molecule has 2 aliphatic heterocycles. The third-order valence-electron chi connectivity index (χ3n) is 4.46. The minimum absolute atomic E-state index is 0. The van der Waals surface area contributed by atoms with E-state index in [9.17, 15) is 18.0 Å². The molecular weight excluding hydrogens is 329 g/mol. The number of amides is 1. The number of fused-ring (bicyclic) bond motifs is 2. The maximum Gasteiger partial charge on any atom is 0.416 e. The van der Waals surface area contributed by atoms with Gasteiger partial charge in [0, 0.05) is 18.1 Å². The van der Waals surface area contributed by atoms with Gasteiger partial charge in [-0.3, -0.25) is 4.79 Å². The van der Waals surface area contributed by atoms with Crippen LogP contribution in [0.2, 0.25) is 0 Å². The standard InChI is InChI=1S/C16H19F3N2O.ClH/c17-16(18,19)11-3-1-2-10(6-11)7-15(22)21-14-8-12-4-5-13(9-14)20-12;/h1-3,6,12-14,20H,4-5,7-9H2,(H,21,22);1H. The molecular formula is C16H20ClF3N2O. The average molecular weight is 349 g/mol. The van der Waals surface area contributed by atoms with Crippen molar-refractivity contribution in [3.05, 3.63) is 35.4 Å². The van der Waals surface area contributed by atoms with E-state index < -0.39 is 11.7 Å². The van der Waals surface area contributed by atoms with Crippen LogP contribution in [0.3, 0.4) is 0 Å². The first-order valence-electron chi connectivity index (χ1n) is 7.62. The van der Waals surface area contributed by atoms with E-state index in [1.807, 2.05) is 0 Å². The monoisotopic (exact) mass is 348 g/mol. The molecule has 2 bridgehead atoms. The summed E-state index contributed by atoms with van der Waals surface area (Å²) in [5.74, 6) is -0.203. The number of halogens is 4. The largest absolute Gasteiger partial charge is 0.416 e. The third kappa shape index (κ3) is 4.61. The second-order valence-corrected chi connectivity index (χ2v) is 6.25. The van der Waals surface area contributed by atoms with E-state index in [4.69, 9.17) is 0 Å². The van der Waals surface area contributed by atoms with Crippen LogP contribution in [-0.4, -0.2) is 24.0 Å². The smallest absolute Gasteiger partial charge is 0.353 e. The van der Waals surface area contributed by atoms with Gasteiger partial charge in [-0.2, -0.15) is 13.2 Å². The van der Waals surface area contributed by atoms with E-state index in [-0.39, 0.29) is 30.8 Å². The fourth-order valence-corrected chi connectivity index (χ4v) is 3.50. The quantitative estimate of drug-likeness (QED) is 0.881. The molecule has 2 heterocycles. The van der Waals surface area contributed by atoms with Crippen molar-refractivity contribution < 1.29 is 18.0 Å². The second kappa shape index (κ2) is 7.09. The van der Waals surface area contributed by atoms with Crippen molar-refractivity contribution in [2.24, 2.45) is 0 Å². The van der Waals surface area contributed by atoms with E-state index in [2.05, 4.69) is 10.6 Å². The number of piperidine rings is 1. The molecule has 2 aliphatic rings. The van der Waals surface area contributed by atoms with Crippen LogP contribution in [0.1, 0.15) is 36.8 Å². The number of hydrogen-bond acceptors (Lipinski definition) is 2. The summed E-state index contributed by atoms with van der Waals surface area (Å²) >= 11 is 0. The van der Waals surface area contributed by atoms with Gasteiger partial charge in [0.1, 0.15) is 0 Å². The van der Waals surface area contributed by atoms with Crippen LogP contribution in [0.5, 0.6) is 0 Å². The first-order chi connectivity index (χ1) is 10.4. The summed E-state index contributed by atoms with van der Waals surface area (Å²) in [6.07, 6.45) is -0.283. The SMILES string of the molecule is Cl.O=C(Cc1cccc(C(F)(F)F)c1)NC1CC2CCC(C1)N2. The van der Waals surface area contributed by atoms with Gasteiger partial charge in [-0.25, -0.2) is 0 Å². The van der Waals surface area contributed by atoms with E-state index in [1.165, 1.54) is 6.07 Å². The highest BCUT2D eigenvalue weighted by atomic mass is 35.5. The van der Waals surface area contributed by atoms with Crippen LogP contribution in [0, 0.1) is 0 Å². The number of nitrogens with one attached hydrogen (secondary N) is 2. The Morgan fingerprint density at radius 1 is 1.22 bits per heavy atom. The fourth-order valence-electron chi connectivity index (χ4n) is 3.50. The van der Waals surface area contributed by atoms with Crippen molar-refractivity contribution >= 4 is 18.3 Å². The van der Waals surface area contributed by atoms with Crippen molar-refractivity contribution in [1.29, 1.82) is 0 Å². The molecule has 7 heteroatoms. The summed E-state index contributed by atoms with van der Waals surface area (Å²) in [6, 6.07) is 6.04. The van der Waals surface area contributed by atoms with Gasteiger partial charge in [-0.1, -0.05) is 18.2 Å². The molecule has 0 aromatic heterocycles. The summed E-state index contributed by atoms with van der Waals surface area (Å²) in [4.78, 5) is 12.1. The van der Waals surface area contributed by atoms with Gasteiger partial charge in [0.25, 0.3) is 0 Å². The molecule has 0 radical (unpaired) electrons. The first kappa shape index (κ1) is 18.1. The van der Waals surface area contributed by atoms with Gasteiger partial charge in [0.05, 0.1) is 12.0 Å². The molecule has 3 nitrogen and oxygen atoms in total. The van der Waals surface area contributed by atoms with Crippen LogP contribution in [0.4, 0.5) is 13.2 Å². The number of carbonyl (C=O) groups is 1.